The van der Waals surface area contributed by atoms with E-state index in [2.05, 4.69) is 87.5 Å². The van der Waals surface area contributed by atoms with Crippen molar-refractivity contribution in [3.63, 3.8) is 0 Å². The van der Waals surface area contributed by atoms with Gasteiger partial charge in [-0.2, -0.15) is 0 Å². The number of hydrogen-bond donors (Lipinski definition) is 0. The molecule has 0 N–H and O–H groups in total. The molecular formula is C22H24. The molecule has 0 spiro atoms. The van der Waals surface area contributed by atoms with Gasteiger partial charge < -0.3 is 0 Å². The van der Waals surface area contributed by atoms with Gasteiger partial charge in [0.1, 0.15) is 0 Å². The minimum absolute atomic E-state index is 0.263. The summed E-state index contributed by atoms with van der Waals surface area (Å²) in [6, 6.07) is 22.1. The molecule has 0 saturated heterocycles. The lowest BCUT2D eigenvalue weighted by Crippen LogP contribution is -2.29. The molecule has 1 saturated carbocycles. The fourth-order valence-electron chi connectivity index (χ4n) is 4.90. The Balaban J connectivity index is 1.80. The van der Waals surface area contributed by atoms with E-state index in [1.165, 1.54) is 17.5 Å². The number of fused-ring (bicyclic) bond motifs is 2. The van der Waals surface area contributed by atoms with Gasteiger partial charge in [0.25, 0.3) is 0 Å². The van der Waals surface area contributed by atoms with Crippen molar-refractivity contribution in [1.82, 2.24) is 0 Å². The van der Waals surface area contributed by atoms with Crippen LogP contribution in [0, 0.1) is 16.7 Å². The highest BCUT2D eigenvalue weighted by atomic mass is 14.6. The van der Waals surface area contributed by atoms with Gasteiger partial charge in [0, 0.05) is 0 Å². The van der Waals surface area contributed by atoms with Gasteiger partial charge in [-0.05, 0) is 45.8 Å². The standard InChI is InChI=1S/C22H24/c1-21(2)20-14-19(17-12-8-5-9-13-17)22(21,3)15-18(20)16-10-6-4-7-11-16/h4-14,18,20H,15H2,1-3H3. The van der Waals surface area contributed by atoms with E-state index in [9.17, 15) is 0 Å². The van der Waals surface area contributed by atoms with Gasteiger partial charge in [-0.3, -0.25) is 0 Å². The normalized spacial score (nSPS) is 32.0. The molecule has 2 bridgehead atoms. The van der Waals surface area contributed by atoms with Crippen LogP contribution in [0.2, 0.25) is 0 Å². The topological polar surface area (TPSA) is 0 Å². The summed E-state index contributed by atoms with van der Waals surface area (Å²) in [5.41, 5.74) is 5.06. The van der Waals surface area contributed by atoms with Crippen molar-refractivity contribution in [3.8, 4) is 0 Å². The van der Waals surface area contributed by atoms with Crippen molar-refractivity contribution in [1.29, 1.82) is 0 Å². The van der Waals surface area contributed by atoms with Crippen molar-refractivity contribution >= 4 is 5.57 Å². The Kier molecular flexibility index (Phi) is 2.88. The smallest absolute Gasteiger partial charge is 0.000942 e. The lowest BCUT2D eigenvalue weighted by molar-refractivity contribution is 0.188. The Bertz CT molecular complexity index is 708. The van der Waals surface area contributed by atoms with Gasteiger partial charge >= 0.3 is 0 Å². The van der Waals surface area contributed by atoms with Crippen LogP contribution in [0.1, 0.15) is 44.2 Å². The highest BCUT2D eigenvalue weighted by Crippen LogP contribution is 2.71. The first-order valence-corrected chi connectivity index (χ1v) is 8.37. The summed E-state index contributed by atoms with van der Waals surface area (Å²) >= 11 is 0. The number of benzene rings is 2. The fraction of sp³-hybridized carbons (Fsp3) is 0.364. The second kappa shape index (κ2) is 4.59. The third-order valence-electron chi connectivity index (χ3n) is 6.57. The van der Waals surface area contributed by atoms with Gasteiger partial charge in [0.05, 0.1) is 0 Å². The number of rotatable bonds is 2. The van der Waals surface area contributed by atoms with E-state index in [0.717, 1.165) is 0 Å². The van der Waals surface area contributed by atoms with Crippen LogP contribution in [0.15, 0.2) is 66.7 Å². The SMILES string of the molecule is CC12CC(c3ccccc3)C(C=C1c1ccccc1)C2(C)C. The van der Waals surface area contributed by atoms with E-state index in [4.69, 9.17) is 0 Å². The maximum Gasteiger partial charge on any atom is -0.000942 e. The molecule has 0 radical (unpaired) electrons. The first-order valence-electron chi connectivity index (χ1n) is 8.37. The van der Waals surface area contributed by atoms with Crippen LogP contribution < -0.4 is 0 Å². The van der Waals surface area contributed by atoms with E-state index >= 15 is 0 Å². The summed E-state index contributed by atoms with van der Waals surface area (Å²) in [6.45, 7) is 7.41. The highest BCUT2D eigenvalue weighted by molar-refractivity contribution is 5.76. The van der Waals surface area contributed by atoms with Gasteiger partial charge in [0.2, 0.25) is 0 Å². The molecule has 0 nitrogen and oxygen atoms in total. The summed E-state index contributed by atoms with van der Waals surface area (Å²) in [4.78, 5) is 0. The zero-order chi connectivity index (χ0) is 15.4. The Morgan fingerprint density at radius 1 is 0.818 bits per heavy atom. The Labute approximate surface area is 133 Å². The second-order valence-electron chi connectivity index (χ2n) is 7.75. The molecule has 3 unspecified atom stereocenters. The molecule has 2 aliphatic carbocycles. The largest absolute Gasteiger partial charge is 0.0758 e. The van der Waals surface area contributed by atoms with Gasteiger partial charge in [-0.15, -0.1) is 0 Å². The molecule has 2 aliphatic rings. The second-order valence-corrected chi connectivity index (χ2v) is 7.75. The van der Waals surface area contributed by atoms with Crippen LogP contribution in [0.4, 0.5) is 0 Å². The van der Waals surface area contributed by atoms with Gasteiger partial charge in [-0.25, -0.2) is 0 Å². The molecular weight excluding hydrogens is 264 g/mol. The van der Waals surface area contributed by atoms with Crippen molar-refractivity contribution in [3.05, 3.63) is 77.9 Å². The first-order chi connectivity index (χ1) is 10.5. The van der Waals surface area contributed by atoms with Crippen molar-refractivity contribution < 1.29 is 0 Å². The van der Waals surface area contributed by atoms with Gasteiger partial charge in [-0.1, -0.05) is 87.5 Å². The summed E-state index contributed by atoms with van der Waals surface area (Å²) in [7, 11) is 0. The Morgan fingerprint density at radius 3 is 1.95 bits per heavy atom. The van der Waals surface area contributed by atoms with Crippen LogP contribution >= 0.6 is 0 Å². The van der Waals surface area contributed by atoms with E-state index in [-0.39, 0.29) is 5.41 Å². The molecule has 0 aromatic heterocycles. The minimum atomic E-state index is 0.263. The minimum Gasteiger partial charge on any atom is -0.0758 e. The zero-order valence-corrected chi connectivity index (χ0v) is 13.7. The summed E-state index contributed by atoms with van der Waals surface area (Å²) < 4.78 is 0. The molecule has 0 amide bonds. The monoisotopic (exact) mass is 288 g/mol. The van der Waals surface area contributed by atoms with E-state index < -0.39 is 0 Å². The molecule has 0 heterocycles. The number of allylic oxidation sites excluding steroid dienone is 2. The molecule has 0 heteroatoms. The Morgan fingerprint density at radius 2 is 1.41 bits per heavy atom. The van der Waals surface area contributed by atoms with Crippen LogP contribution in [-0.2, 0) is 0 Å². The summed E-state index contributed by atoms with van der Waals surface area (Å²) in [6.07, 6.45) is 3.84. The van der Waals surface area contributed by atoms with E-state index in [1.54, 1.807) is 5.57 Å². The van der Waals surface area contributed by atoms with Crippen molar-refractivity contribution in [2.75, 3.05) is 0 Å². The molecule has 112 valence electrons. The highest BCUT2D eigenvalue weighted by Gasteiger charge is 2.61. The first kappa shape index (κ1) is 13.8. The van der Waals surface area contributed by atoms with E-state index in [0.29, 0.717) is 17.3 Å². The lowest BCUT2D eigenvalue weighted by atomic mass is 9.66. The predicted octanol–water partition coefficient (Wildman–Crippen LogP) is 5.92. The lowest BCUT2D eigenvalue weighted by Gasteiger charge is -2.37. The molecule has 4 rings (SSSR count). The number of hydrogen-bond acceptors (Lipinski definition) is 0. The third-order valence-corrected chi connectivity index (χ3v) is 6.57. The summed E-state index contributed by atoms with van der Waals surface area (Å²) in [5, 5.41) is 0. The maximum absolute atomic E-state index is 2.58. The van der Waals surface area contributed by atoms with Crippen LogP contribution in [0.3, 0.4) is 0 Å². The zero-order valence-electron chi connectivity index (χ0n) is 13.7. The molecule has 22 heavy (non-hydrogen) atoms. The average molecular weight is 288 g/mol. The molecule has 2 aromatic rings. The molecule has 0 aliphatic heterocycles. The van der Waals surface area contributed by atoms with Crippen LogP contribution in [-0.4, -0.2) is 0 Å². The molecule has 2 aromatic carbocycles. The van der Waals surface area contributed by atoms with Crippen molar-refractivity contribution in [2.45, 2.75) is 33.1 Å². The third kappa shape index (κ3) is 1.70. The molecule has 3 atom stereocenters. The van der Waals surface area contributed by atoms with Gasteiger partial charge in [0.15, 0.2) is 0 Å². The maximum atomic E-state index is 2.58. The molecule has 1 fully saturated rings. The average Bonchev–Trinajstić information content (AvgIpc) is 2.87. The summed E-state index contributed by atoms with van der Waals surface area (Å²) in [5.74, 6) is 1.30. The van der Waals surface area contributed by atoms with Crippen molar-refractivity contribution in [2.24, 2.45) is 16.7 Å². The fourth-order valence-corrected chi connectivity index (χ4v) is 4.90. The van der Waals surface area contributed by atoms with E-state index in [1.807, 2.05) is 0 Å². The van der Waals surface area contributed by atoms with Crippen LogP contribution in [0.25, 0.3) is 5.57 Å². The quantitative estimate of drug-likeness (QED) is 0.643. The Hall–Kier alpha value is -1.82. The predicted molar refractivity (Wildman–Crippen MR) is 93.6 cm³/mol. The van der Waals surface area contributed by atoms with Crippen LogP contribution in [0.5, 0.6) is 0 Å².